The monoisotopic (exact) mass is 448 g/mol. The summed E-state index contributed by atoms with van der Waals surface area (Å²) in [5.74, 6) is 0.0303. The van der Waals surface area contributed by atoms with Crippen molar-refractivity contribution in [3.63, 3.8) is 0 Å². The molecule has 0 heterocycles. The lowest BCUT2D eigenvalue weighted by molar-refractivity contribution is 0.474. The van der Waals surface area contributed by atoms with Crippen LogP contribution in [0.3, 0.4) is 0 Å². The third-order valence-electron chi connectivity index (χ3n) is 4.35. The highest BCUT2D eigenvalue weighted by atomic mass is 32.2. The fourth-order valence-electron chi connectivity index (χ4n) is 2.73. The van der Waals surface area contributed by atoms with Crippen molar-refractivity contribution < 1.29 is 27.0 Å². The molecule has 0 saturated heterocycles. The summed E-state index contributed by atoms with van der Waals surface area (Å²) >= 11 is 0. The molecule has 0 unspecified atom stereocenters. The molecule has 0 aromatic heterocycles. The summed E-state index contributed by atoms with van der Waals surface area (Å²) < 4.78 is 55.2. The number of phenols is 2. The lowest BCUT2D eigenvalue weighted by atomic mass is 10.2. The Morgan fingerprint density at radius 2 is 0.933 bits per heavy atom. The second-order valence-corrected chi connectivity index (χ2v) is 10.0. The highest BCUT2D eigenvalue weighted by Crippen LogP contribution is 2.26. The van der Waals surface area contributed by atoms with Gasteiger partial charge in [0.05, 0.1) is 21.2 Å². The molecule has 0 atom stereocenters. The summed E-state index contributed by atoms with van der Waals surface area (Å²) in [5, 5.41) is 18.9. The number of aryl methyl sites for hydroxylation is 2. The van der Waals surface area contributed by atoms with Crippen molar-refractivity contribution in [1.82, 2.24) is 0 Å². The Kier molecular flexibility index (Phi) is 5.64. The highest BCUT2D eigenvalue weighted by Gasteiger charge is 2.19. The van der Waals surface area contributed by atoms with Crippen LogP contribution in [-0.4, -0.2) is 27.0 Å². The van der Waals surface area contributed by atoms with Crippen molar-refractivity contribution in [2.75, 3.05) is 9.44 Å². The molecule has 8 nitrogen and oxygen atoms in total. The van der Waals surface area contributed by atoms with E-state index in [-0.39, 0.29) is 21.3 Å². The lowest BCUT2D eigenvalue weighted by Crippen LogP contribution is -2.16. The van der Waals surface area contributed by atoms with E-state index in [2.05, 4.69) is 9.44 Å². The van der Waals surface area contributed by atoms with Crippen molar-refractivity contribution in [1.29, 1.82) is 0 Å². The van der Waals surface area contributed by atoms with E-state index in [0.29, 0.717) is 22.5 Å². The van der Waals surface area contributed by atoms with E-state index in [1.54, 1.807) is 13.8 Å². The first-order valence-corrected chi connectivity index (χ1v) is 11.7. The second kappa shape index (κ2) is 7.88. The van der Waals surface area contributed by atoms with E-state index in [1.165, 1.54) is 60.7 Å². The van der Waals surface area contributed by atoms with Gasteiger partial charge in [-0.05, 0) is 85.6 Å². The maximum atomic E-state index is 12.6. The maximum Gasteiger partial charge on any atom is 0.261 e. The smallest absolute Gasteiger partial charge is 0.261 e. The van der Waals surface area contributed by atoms with E-state index in [1.807, 2.05) is 0 Å². The zero-order valence-corrected chi connectivity index (χ0v) is 17.8. The zero-order valence-electron chi connectivity index (χ0n) is 16.1. The van der Waals surface area contributed by atoms with Crippen LogP contribution >= 0.6 is 0 Å². The Hall–Kier alpha value is -3.24. The number of phenolic OH excluding ortho intramolecular Hbond substituents is 2. The van der Waals surface area contributed by atoms with E-state index in [4.69, 9.17) is 0 Å². The van der Waals surface area contributed by atoms with Gasteiger partial charge in [-0.2, -0.15) is 0 Å². The van der Waals surface area contributed by atoms with Gasteiger partial charge < -0.3 is 10.2 Å². The number of aromatic hydroxyl groups is 2. The van der Waals surface area contributed by atoms with Crippen LogP contribution in [0, 0.1) is 13.8 Å². The van der Waals surface area contributed by atoms with Crippen LogP contribution in [0.2, 0.25) is 0 Å². The molecule has 0 saturated carbocycles. The molecule has 0 aliphatic carbocycles. The number of anilines is 2. The zero-order chi connectivity index (χ0) is 22.1. The van der Waals surface area contributed by atoms with Crippen molar-refractivity contribution in [2.24, 2.45) is 0 Å². The van der Waals surface area contributed by atoms with Gasteiger partial charge >= 0.3 is 0 Å². The van der Waals surface area contributed by atoms with Gasteiger partial charge in [-0.15, -0.1) is 0 Å². The standard InChI is InChI=1S/C20H20N2O6S2/c1-13-11-15(23)3-9-19(13)21-29(25,26)17-5-7-18(8-6-17)30(27,28)22-20-10-4-16(24)12-14(20)2/h3-12,21-24H,1-2H3. The molecule has 3 aromatic rings. The Morgan fingerprint density at radius 3 is 1.23 bits per heavy atom. The Balaban J connectivity index is 1.84. The predicted molar refractivity (Wildman–Crippen MR) is 114 cm³/mol. The molecule has 4 N–H and O–H groups in total. The minimum absolute atomic E-state index is 0.0152. The number of hydrogen-bond donors (Lipinski definition) is 4. The first-order chi connectivity index (χ1) is 14.0. The summed E-state index contributed by atoms with van der Waals surface area (Å²) in [5.41, 5.74) is 1.67. The lowest BCUT2D eigenvalue weighted by Gasteiger charge is -2.13. The Morgan fingerprint density at radius 1 is 0.600 bits per heavy atom. The highest BCUT2D eigenvalue weighted by molar-refractivity contribution is 7.93. The SMILES string of the molecule is Cc1cc(O)ccc1NS(=O)(=O)c1ccc(S(=O)(=O)Nc2ccc(O)cc2C)cc1. The molecule has 0 aliphatic rings. The maximum absolute atomic E-state index is 12.6. The summed E-state index contributed by atoms with van der Waals surface area (Å²) in [7, 11) is -7.91. The first-order valence-electron chi connectivity index (χ1n) is 8.73. The van der Waals surface area contributed by atoms with E-state index >= 15 is 0 Å². The van der Waals surface area contributed by atoms with E-state index in [9.17, 15) is 27.0 Å². The van der Waals surface area contributed by atoms with Gasteiger partial charge in [0.25, 0.3) is 20.0 Å². The van der Waals surface area contributed by atoms with Crippen LogP contribution in [-0.2, 0) is 20.0 Å². The minimum Gasteiger partial charge on any atom is -0.508 e. The average Bonchev–Trinajstić information content (AvgIpc) is 2.66. The molecule has 10 heteroatoms. The van der Waals surface area contributed by atoms with Crippen LogP contribution in [0.1, 0.15) is 11.1 Å². The van der Waals surface area contributed by atoms with Crippen LogP contribution in [0.5, 0.6) is 11.5 Å². The first kappa shape index (κ1) is 21.5. The largest absolute Gasteiger partial charge is 0.508 e. The Labute approximate surface area is 174 Å². The van der Waals surface area contributed by atoms with Crippen molar-refractivity contribution >= 4 is 31.4 Å². The van der Waals surface area contributed by atoms with Gasteiger partial charge in [0.15, 0.2) is 0 Å². The van der Waals surface area contributed by atoms with Gasteiger partial charge in [-0.25, -0.2) is 16.8 Å². The molecular weight excluding hydrogens is 428 g/mol. The van der Waals surface area contributed by atoms with Crippen molar-refractivity contribution in [3.05, 3.63) is 71.8 Å². The molecule has 3 rings (SSSR count). The third-order valence-corrected chi connectivity index (χ3v) is 7.12. The molecule has 0 spiro atoms. The molecule has 30 heavy (non-hydrogen) atoms. The molecule has 0 aliphatic heterocycles. The molecule has 3 aromatic carbocycles. The number of nitrogens with one attached hydrogen (secondary N) is 2. The van der Waals surface area contributed by atoms with Crippen molar-refractivity contribution in [3.8, 4) is 11.5 Å². The van der Waals surface area contributed by atoms with Gasteiger partial charge in [0.2, 0.25) is 0 Å². The Bertz CT molecular complexity index is 1200. The topological polar surface area (TPSA) is 133 Å². The number of hydrogen-bond acceptors (Lipinski definition) is 6. The van der Waals surface area contributed by atoms with E-state index < -0.39 is 20.0 Å². The quantitative estimate of drug-likeness (QED) is 0.428. The van der Waals surface area contributed by atoms with Gasteiger partial charge in [0, 0.05) is 0 Å². The summed E-state index contributed by atoms with van der Waals surface area (Å²) in [6, 6.07) is 13.2. The molecule has 0 bridgehead atoms. The third kappa shape index (κ3) is 4.66. The van der Waals surface area contributed by atoms with E-state index in [0.717, 1.165) is 0 Å². The predicted octanol–water partition coefficient (Wildman–Crippen LogP) is 3.32. The average molecular weight is 449 g/mol. The van der Waals surface area contributed by atoms with Crippen LogP contribution in [0.15, 0.2) is 70.5 Å². The fraction of sp³-hybridized carbons (Fsp3) is 0.100. The van der Waals surface area contributed by atoms with Crippen LogP contribution < -0.4 is 9.44 Å². The number of rotatable bonds is 6. The van der Waals surface area contributed by atoms with Gasteiger partial charge in [-0.3, -0.25) is 9.44 Å². The molecule has 0 amide bonds. The summed E-state index contributed by atoms with van der Waals surface area (Å²) in [6.45, 7) is 3.29. The molecule has 0 fully saturated rings. The summed E-state index contributed by atoms with van der Waals surface area (Å²) in [4.78, 5) is -0.232. The van der Waals surface area contributed by atoms with Gasteiger partial charge in [0.1, 0.15) is 11.5 Å². The molecule has 0 radical (unpaired) electrons. The molecular formula is C20H20N2O6S2. The number of benzene rings is 3. The van der Waals surface area contributed by atoms with Crippen LogP contribution in [0.4, 0.5) is 11.4 Å². The fourth-order valence-corrected chi connectivity index (χ4v) is 4.99. The minimum atomic E-state index is -3.96. The van der Waals surface area contributed by atoms with Gasteiger partial charge in [-0.1, -0.05) is 0 Å². The van der Waals surface area contributed by atoms with Crippen LogP contribution in [0.25, 0.3) is 0 Å². The van der Waals surface area contributed by atoms with Crippen molar-refractivity contribution in [2.45, 2.75) is 23.6 Å². The molecule has 158 valence electrons. The summed E-state index contributed by atoms with van der Waals surface area (Å²) in [6.07, 6.45) is 0. The normalized spacial score (nSPS) is 11.8. The number of sulfonamides is 2. The second-order valence-electron chi connectivity index (χ2n) is 6.68.